The molecule has 3 rings (SSSR count). The van der Waals surface area contributed by atoms with E-state index < -0.39 is 0 Å². The normalized spacial score (nSPS) is 22.8. The first-order valence-electron chi connectivity index (χ1n) is 6.61. The Balaban J connectivity index is 2.04. The fourth-order valence-corrected chi connectivity index (χ4v) is 3.20. The van der Waals surface area contributed by atoms with Gasteiger partial charge in [-0.3, -0.25) is 0 Å². The molecular formula is C15H19N3S. The van der Waals surface area contributed by atoms with Gasteiger partial charge < -0.3 is 9.88 Å². The van der Waals surface area contributed by atoms with Crippen molar-refractivity contribution in [3.63, 3.8) is 0 Å². The van der Waals surface area contributed by atoms with Crippen LogP contribution in [0.4, 0.5) is 0 Å². The van der Waals surface area contributed by atoms with Crippen molar-refractivity contribution in [2.75, 3.05) is 19.3 Å². The summed E-state index contributed by atoms with van der Waals surface area (Å²) in [5, 5.41) is 3.46. The van der Waals surface area contributed by atoms with Crippen LogP contribution in [0.15, 0.2) is 41.7 Å². The third kappa shape index (κ3) is 2.30. The van der Waals surface area contributed by atoms with Crippen molar-refractivity contribution in [2.24, 2.45) is 0 Å². The molecular weight excluding hydrogens is 254 g/mol. The number of benzene rings is 1. The van der Waals surface area contributed by atoms with E-state index in [1.165, 1.54) is 22.7 Å². The van der Waals surface area contributed by atoms with Crippen LogP contribution in [0, 0.1) is 0 Å². The fraction of sp³-hybridized carbons (Fsp3) is 0.400. The summed E-state index contributed by atoms with van der Waals surface area (Å²) in [4.78, 5) is 5.66. The van der Waals surface area contributed by atoms with Gasteiger partial charge in [-0.15, -0.1) is 11.8 Å². The Morgan fingerprint density at radius 1 is 1.42 bits per heavy atom. The average Bonchev–Trinajstić information content (AvgIpc) is 3.08. The van der Waals surface area contributed by atoms with Crippen LogP contribution in [0.25, 0.3) is 5.69 Å². The topological polar surface area (TPSA) is 29.9 Å². The number of hydrogen-bond acceptors (Lipinski definition) is 3. The lowest BCUT2D eigenvalue weighted by molar-refractivity contribution is 0.498. The van der Waals surface area contributed by atoms with Crippen molar-refractivity contribution in [3.05, 3.63) is 42.5 Å². The lowest BCUT2D eigenvalue weighted by Gasteiger charge is -2.24. The van der Waals surface area contributed by atoms with Crippen LogP contribution in [0.1, 0.15) is 19.0 Å². The van der Waals surface area contributed by atoms with Crippen LogP contribution < -0.4 is 5.32 Å². The zero-order chi connectivity index (χ0) is 13.3. The molecule has 0 spiro atoms. The Kier molecular flexibility index (Phi) is 3.37. The maximum Gasteiger partial charge on any atom is 0.0994 e. The molecule has 2 aromatic rings. The summed E-state index contributed by atoms with van der Waals surface area (Å²) in [6, 6.07) is 8.63. The number of rotatable bonds is 3. The zero-order valence-electron chi connectivity index (χ0n) is 11.4. The zero-order valence-corrected chi connectivity index (χ0v) is 12.2. The van der Waals surface area contributed by atoms with Crippen molar-refractivity contribution in [2.45, 2.75) is 23.7 Å². The van der Waals surface area contributed by atoms with Crippen molar-refractivity contribution in [1.82, 2.24) is 14.9 Å². The standard InChI is InChI=1S/C15H19N3S/c1-15(6-7-16-10-15)14-9-17-11-18(14)12-4-3-5-13(8-12)19-2/h3-5,8-9,11,16H,6-7,10H2,1-2H3. The molecule has 1 unspecified atom stereocenters. The first-order valence-corrected chi connectivity index (χ1v) is 7.83. The number of aromatic nitrogens is 2. The molecule has 1 N–H and O–H groups in total. The van der Waals surface area contributed by atoms with Crippen molar-refractivity contribution in [3.8, 4) is 5.69 Å². The van der Waals surface area contributed by atoms with Crippen LogP contribution in [-0.4, -0.2) is 28.9 Å². The summed E-state index contributed by atoms with van der Waals surface area (Å²) >= 11 is 1.77. The summed E-state index contributed by atoms with van der Waals surface area (Å²) in [6.45, 7) is 4.44. The summed E-state index contributed by atoms with van der Waals surface area (Å²) < 4.78 is 2.23. The molecule has 1 aliphatic heterocycles. The Labute approximate surface area is 118 Å². The van der Waals surface area contributed by atoms with E-state index in [1.54, 1.807) is 11.8 Å². The molecule has 1 saturated heterocycles. The molecule has 100 valence electrons. The molecule has 0 saturated carbocycles. The lowest BCUT2D eigenvalue weighted by Crippen LogP contribution is -2.27. The van der Waals surface area contributed by atoms with E-state index in [0.29, 0.717) is 0 Å². The van der Waals surface area contributed by atoms with Crippen LogP contribution >= 0.6 is 11.8 Å². The first-order chi connectivity index (χ1) is 9.23. The van der Waals surface area contributed by atoms with E-state index in [-0.39, 0.29) is 5.41 Å². The number of imidazole rings is 1. The van der Waals surface area contributed by atoms with E-state index >= 15 is 0 Å². The monoisotopic (exact) mass is 273 g/mol. The quantitative estimate of drug-likeness (QED) is 0.872. The van der Waals surface area contributed by atoms with E-state index in [1.807, 2.05) is 12.5 Å². The second-order valence-corrected chi connectivity index (χ2v) is 6.22. The minimum absolute atomic E-state index is 0.186. The molecule has 1 aromatic heterocycles. The lowest BCUT2D eigenvalue weighted by atomic mass is 9.86. The van der Waals surface area contributed by atoms with Gasteiger partial charge in [0, 0.05) is 34.4 Å². The third-order valence-electron chi connectivity index (χ3n) is 3.96. The van der Waals surface area contributed by atoms with Gasteiger partial charge in [-0.2, -0.15) is 0 Å². The highest BCUT2D eigenvalue weighted by Crippen LogP contribution is 2.31. The molecule has 1 aliphatic rings. The number of thioether (sulfide) groups is 1. The van der Waals surface area contributed by atoms with E-state index in [9.17, 15) is 0 Å². The van der Waals surface area contributed by atoms with E-state index in [0.717, 1.165) is 13.1 Å². The highest BCUT2D eigenvalue weighted by molar-refractivity contribution is 7.98. The molecule has 3 nitrogen and oxygen atoms in total. The van der Waals surface area contributed by atoms with Crippen LogP contribution in [0.3, 0.4) is 0 Å². The predicted octanol–water partition coefficient (Wildman–Crippen LogP) is 2.85. The summed E-state index contributed by atoms with van der Waals surface area (Å²) in [5.41, 5.74) is 2.69. The Bertz CT molecular complexity index is 570. The van der Waals surface area contributed by atoms with Gasteiger partial charge in [0.05, 0.1) is 6.33 Å². The molecule has 4 heteroatoms. The van der Waals surface area contributed by atoms with Gasteiger partial charge in [0.15, 0.2) is 0 Å². The van der Waals surface area contributed by atoms with Gasteiger partial charge in [-0.1, -0.05) is 13.0 Å². The summed E-state index contributed by atoms with van der Waals surface area (Å²) in [5.74, 6) is 0. The van der Waals surface area contributed by atoms with Gasteiger partial charge in [0.2, 0.25) is 0 Å². The van der Waals surface area contributed by atoms with Crippen molar-refractivity contribution < 1.29 is 0 Å². The third-order valence-corrected chi connectivity index (χ3v) is 4.68. The molecule has 1 aromatic carbocycles. The largest absolute Gasteiger partial charge is 0.316 e. The fourth-order valence-electron chi connectivity index (χ4n) is 2.74. The predicted molar refractivity (Wildman–Crippen MR) is 80.2 cm³/mol. The van der Waals surface area contributed by atoms with Crippen molar-refractivity contribution in [1.29, 1.82) is 0 Å². The van der Waals surface area contributed by atoms with Crippen LogP contribution in [0.5, 0.6) is 0 Å². The van der Waals surface area contributed by atoms with E-state index in [2.05, 4.69) is 52.3 Å². The second-order valence-electron chi connectivity index (χ2n) is 5.34. The van der Waals surface area contributed by atoms with Gasteiger partial charge in [-0.25, -0.2) is 4.98 Å². The molecule has 0 radical (unpaired) electrons. The molecule has 2 heterocycles. The molecule has 1 fully saturated rings. The second kappa shape index (κ2) is 5.02. The highest BCUT2D eigenvalue weighted by Gasteiger charge is 2.33. The smallest absolute Gasteiger partial charge is 0.0994 e. The first kappa shape index (κ1) is 12.8. The molecule has 0 amide bonds. The Hall–Kier alpha value is -1.26. The Morgan fingerprint density at radius 3 is 3.05 bits per heavy atom. The maximum atomic E-state index is 4.37. The molecule has 19 heavy (non-hydrogen) atoms. The maximum absolute atomic E-state index is 4.37. The summed E-state index contributed by atoms with van der Waals surface area (Å²) in [7, 11) is 0. The van der Waals surface area contributed by atoms with Crippen LogP contribution in [0.2, 0.25) is 0 Å². The van der Waals surface area contributed by atoms with Gasteiger partial charge >= 0.3 is 0 Å². The number of nitrogens with one attached hydrogen (secondary N) is 1. The Morgan fingerprint density at radius 2 is 2.32 bits per heavy atom. The minimum atomic E-state index is 0.186. The number of nitrogens with zero attached hydrogens (tertiary/aromatic N) is 2. The van der Waals surface area contributed by atoms with Crippen LogP contribution in [-0.2, 0) is 5.41 Å². The van der Waals surface area contributed by atoms with E-state index in [4.69, 9.17) is 0 Å². The SMILES string of the molecule is CSc1cccc(-n2cncc2C2(C)CCNC2)c1. The molecule has 1 atom stereocenters. The van der Waals surface area contributed by atoms with Gasteiger partial charge in [0.25, 0.3) is 0 Å². The minimum Gasteiger partial charge on any atom is -0.316 e. The van der Waals surface area contributed by atoms with Crippen molar-refractivity contribution >= 4 is 11.8 Å². The van der Waals surface area contributed by atoms with Gasteiger partial charge in [-0.05, 0) is 37.4 Å². The number of hydrogen-bond donors (Lipinski definition) is 1. The molecule has 0 aliphatic carbocycles. The average molecular weight is 273 g/mol. The highest BCUT2D eigenvalue weighted by atomic mass is 32.2. The summed E-state index contributed by atoms with van der Waals surface area (Å²) in [6.07, 6.45) is 7.22. The van der Waals surface area contributed by atoms with Gasteiger partial charge in [0.1, 0.15) is 0 Å². The molecule has 0 bridgehead atoms.